The van der Waals surface area contributed by atoms with E-state index in [1.54, 1.807) is 6.33 Å². The van der Waals surface area contributed by atoms with E-state index in [0.29, 0.717) is 5.92 Å². The minimum absolute atomic E-state index is 0.234. The minimum atomic E-state index is 0.234. The van der Waals surface area contributed by atoms with Crippen LogP contribution in [0.4, 0.5) is 5.69 Å². The summed E-state index contributed by atoms with van der Waals surface area (Å²) < 4.78 is 0. The molecule has 6 rings (SSSR count). The standard InChI is InChI=1S/C29H33N3/c1-4-25-27(28(21-9-10-21)31-18-30-25)22-11-14-26-24(15-22)29(3,23-12-13-23)17-32(26)16-20-7-5-19(2)6-8-20/h5-8,11,14-15,18,21,23H,4,9-10,12-13,16-17H2,1-3H3. The molecule has 0 spiro atoms. The average Bonchev–Trinajstić information content (AvgIpc) is 3.72. The lowest BCUT2D eigenvalue weighted by Crippen LogP contribution is -2.32. The molecule has 0 radical (unpaired) electrons. The summed E-state index contributed by atoms with van der Waals surface area (Å²) in [5, 5.41) is 0. The lowest BCUT2D eigenvalue weighted by molar-refractivity contribution is 0.433. The first-order valence-corrected chi connectivity index (χ1v) is 12.4. The van der Waals surface area contributed by atoms with Gasteiger partial charge in [0.25, 0.3) is 0 Å². The number of fused-ring (bicyclic) bond motifs is 1. The molecule has 2 aromatic carbocycles. The number of benzene rings is 2. The second kappa shape index (κ2) is 7.43. The molecule has 2 saturated carbocycles. The van der Waals surface area contributed by atoms with Crippen LogP contribution in [0.1, 0.15) is 73.5 Å². The maximum Gasteiger partial charge on any atom is 0.115 e. The maximum atomic E-state index is 4.76. The Balaban J connectivity index is 1.43. The third-order valence-corrected chi connectivity index (χ3v) is 7.99. The minimum Gasteiger partial charge on any atom is -0.366 e. The fraction of sp³-hybridized carbons (Fsp3) is 0.448. The van der Waals surface area contributed by atoms with Crippen LogP contribution >= 0.6 is 0 Å². The molecule has 0 saturated heterocycles. The van der Waals surface area contributed by atoms with E-state index < -0.39 is 0 Å². The van der Waals surface area contributed by atoms with Gasteiger partial charge in [-0.2, -0.15) is 0 Å². The number of aromatic nitrogens is 2. The van der Waals surface area contributed by atoms with Crippen LogP contribution in [-0.2, 0) is 18.4 Å². The normalized spacial score (nSPS) is 22.3. The maximum absolute atomic E-state index is 4.76. The van der Waals surface area contributed by atoms with E-state index in [4.69, 9.17) is 4.98 Å². The van der Waals surface area contributed by atoms with Crippen molar-refractivity contribution in [3.05, 3.63) is 76.9 Å². The summed E-state index contributed by atoms with van der Waals surface area (Å²) in [6, 6.07) is 16.3. The molecule has 3 heteroatoms. The third-order valence-electron chi connectivity index (χ3n) is 7.99. The van der Waals surface area contributed by atoms with Crippen molar-refractivity contribution in [2.75, 3.05) is 11.4 Å². The highest BCUT2D eigenvalue weighted by Crippen LogP contribution is 2.55. The van der Waals surface area contributed by atoms with Gasteiger partial charge in [0.1, 0.15) is 6.33 Å². The molecule has 0 bridgehead atoms. The van der Waals surface area contributed by atoms with E-state index in [9.17, 15) is 0 Å². The Morgan fingerprint density at radius 2 is 1.78 bits per heavy atom. The number of anilines is 1. The van der Waals surface area contributed by atoms with E-state index in [1.165, 1.54) is 70.6 Å². The Bertz CT molecular complexity index is 1160. The molecule has 0 N–H and O–H groups in total. The van der Waals surface area contributed by atoms with Crippen molar-refractivity contribution in [3.8, 4) is 11.1 Å². The largest absolute Gasteiger partial charge is 0.366 e. The molecule has 164 valence electrons. The summed E-state index contributed by atoms with van der Waals surface area (Å²) in [5.41, 5.74) is 11.0. The van der Waals surface area contributed by atoms with Crippen LogP contribution in [0.2, 0.25) is 0 Å². The smallest absolute Gasteiger partial charge is 0.115 e. The van der Waals surface area contributed by atoms with Crippen LogP contribution < -0.4 is 4.90 Å². The van der Waals surface area contributed by atoms with Crippen molar-refractivity contribution in [2.45, 2.75) is 70.8 Å². The van der Waals surface area contributed by atoms with Gasteiger partial charge in [-0.25, -0.2) is 9.97 Å². The van der Waals surface area contributed by atoms with Gasteiger partial charge in [0.15, 0.2) is 0 Å². The zero-order valence-electron chi connectivity index (χ0n) is 19.6. The quantitative estimate of drug-likeness (QED) is 0.448. The summed E-state index contributed by atoms with van der Waals surface area (Å²) in [7, 11) is 0. The number of nitrogens with zero attached hydrogens (tertiary/aromatic N) is 3. The zero-order chi connectivity index (χ0) is 21.9. The van der Waals surface area contributed by atoms with Gasteiger partial charge in [0.2, 0.25) is 0 Å². The molecule has 1 atom stereocenters. The molecule has 32 heavy (non-hydrogen) atoms. The van der Waals surface area contributed by atoms with Crippen LogP contribution in [0.15, 0.2) is 48.8 Å². The Hall–Kier alpha value is -2.68. The Kier molecular flexibility index (Phi) is 4.64. The molecule has 0 amide bonds. The fourth-order valence-corrected chi connectivity index (χ4v) is 5.80. The molecule has 1 aliphatic heterocycles. The van der Waals surface area contributed by atoms with Crippen molar-refractivity contribution >= 4 is 5.69 Å². The van der Waals surface area contributed by atoms with Crippen molar-refractivity contribution in [2.24, 2.45) is 5.92 Å². The van der Waals surface area contributed by atoms with E-state index in [-0.39, 0.29) is 5.41 Å². The van der Waals surface area contributed by atoms with Gasteiger partial charge in [0, 0.05) is 35.7 Å². The highest BCUT2D eigenvalue weighted by molar-refractivity contribution is 5.76. The summed E-state index contributed by atoms with van der Waals surface area (Å²) in [4.78, 5) is 12.1. The summed E-state index contributed by atoms with van der Waals surface area (Å²) in [6.07, 6.45) is 7.99. The molecular weight excluding hydrogens is 390 g/mol. The summed E-state index contributed by atoms with van der Waals surface area (Å²) in [5.74, 6) is 1.43. The molecular formula is C29H33N3. The zero-order valence-corrected chi connectivity index (χ0v) is 19.6. The van der Waals surface area contributed by atoms with Gasteiger partial charge in [-0.05, 0) is 73.8 Å². The molecule has 2 heterocycles. The number of hydrogen-bond donors (Lipinski definition) is 0. The van der Waals surface area contributed by atoms with E-state index >= 15 is 0 Å². The lowest BCUT2D eigenvalue weighted by Gasteiger charge is -2.26. The second-order valence-electron chi connectivity index (χ2n) is 10.5. The van der Waals surface area contributed by atoms with Crippen LogP contribution in [0, 0.1) is 12.8 Å². The molecule has 3 aliphatic rings. The Morgan fingerprint density at radius 3 is 2.47 bits per heavy atom. The Labute approximate surface area is 191 Å². The SMILES string of the molecule is CCc1ncnc(C2CC2)c1-c1ccc2c(c1)C(C)(C1CC1)CN2Cc1ccc(C)cc1. The van der Waals surface area contributed by atoms with Gasteiger partial charge in [0.05, 0.1) is 11.4 Å². The number of aryl methyl sites for hydroxylation is 2. The lowest BCUT2D eigenvalue weighted by atomic mass is 9.78. The highest BCUT2D eigenvalue weighted by atomic mass is 15.2. The average molecular weight is 424 g/mol. The van der Waals surface area contributed by atoms with Gasteiger partial charge in [-0.1, -0.05) is 49.7 Å². The monoisotopic (exact) mass is 423 g/mol. The predicted molar refractivity (Wildman–Crippen MR) is 131 cm³/mol. The van der Waals surface area contributed by atoms with Gasteiger partial charge < -0.3 is 4.90 Å². The predicted octanol–water partition coefficient (Wildman–Crippen LogP) is 6.58. The van der Waals surface area contributed by atoms with Crippen molar-refractivity contribution < 1.29 is 0 Å². The molecule has 1 aromatic heterocycles. The first-order valence-electron chi connectivity index (χ1n) is 12.4. The molecule has 3 nitrogen and oxygen atoms in total. The fourth-order valence-electron chi connectivity index (χ4n) is 5.80. The van der Waals surface area contributed by atoms with Crippen molar-refractivity contribution in [1.29, 1.82) is 0 Å². The van der Waals surface area contributed by atoms with E-state index in [1.807, 2.05) is 0 Å². The van der Waals surface area contributed by atoms with E-state index in [2.05, 4.69) is 73.1 Å². The third kappa shape index (κ3) is 3.34. The van der Waals surface area contributed by atoms with Crippen molar-refractivity contribution in [3.63, 3.8) is 0 Å². The number of hydrogen-bond acceptors (Lipinski definition) is 3. The van der Waals surface area contributed by atoms with Crippen molar-refractivity contribution in [1.82, 2.24) is 9.97 Å². The van der Waals surface area contributed by atoms with Crippen LogP contribution in [-0.4, -0.2) is 16.5 Å². The first kappa shape index (κ1) is 20.0. The van der Waals surface area contributed by atoms with Gasteiger partial charge in [-0.3, -0.25) is 0 Å². The Morgan fingerprint density at radius 1 is 1.00 bits per heavy atom. The topological polar surface area (TPSA) is 29.0 Å². The van der Waals surface area contributed by atoms with Gasteiger partial charge >= 0.3 is 0 Å². The molecule has 2 fully saturated rings. The van der Waals surface area contributed by atoms with Crippen LogP contribution in [0.3, 0.4) is 0 Å². The second-order valence-corrected chi connectivity index (χ2v) is 10.5. The molecule has 2 aliphatic carbocycles. The molecule has 3 aromatic rings. The summed E-state index contributed by atoms with van der Waals surface area (Å²) in [6.45, 7) is 8.98. The first-order chi connectivity index (χ1) is 15.6. The summed E-state index contributed by atoms with van der Waals surface area (Å²) >= 11 is 0. The van der Waals surface area contributed by atoms with E-state index in [0.717, 1.165) is 25.4 Å². The van der Waals surface area contributed by atoms with Gasteiger partial charge in [-0.15, -0.1) is 0 Å². The highest BCUT2D eigenvalue weighted by Gasteiger charge is 2.49. The van der Waals surface area contributed by atoms with Crippen LogP contribution in [0.5, 0.6) is 0 Å². The molecule has 1 unspecified atom stereocenters. The number of rotatable bonds is 6. The van der Waals surface area contributed by atoms with Crippen LogP contribution in [0.25, 0.3) is 11.1 Å².